The zero-order valence-electron chi connectivity index (χ0n) is 14.8. The normalized spacial score (nSPS) is 10.8. The minimum absolute atomic E-state index is 0.0945. The van der Waals surface area contributed by atoms with E-state index >= 15 is 0 Å². The van der Waals surface area contributed by atoms with Gasteiger partial charge in [-0.05, 0) is 37.1 Å². The van der Waals surface area contributed by atoms with E-state index in [1.165, 1.54) is 0 Å². The van der Waals surface area contributed by atoms with E-state index < -0.39 is 0 Å². The van der Waals surface area contributed by atoms with Crippen LogP contribution in [0.1, 0.15) is 11.1 Å². The number of rotatable bonds is 6. The van der Waals surface area contributed by atoms with Crippen LogP contribution in [0.15, 0.2) is 46.0 Å². The first kappa shape index (κ1) is 19.3. The average molecular weight is 404 g/mol. The van der Waals surface area contributed by atoms with Crippen LogP contribution < -0.4 is 10.6 Å². The molecule has 6 nitrogen and oxygen atoms in total. The molecule has 27 heavy (non-hydrogen) atoms. The summed E-state index contributed by atoms with van der Waals surface area (Å²) in [6.45, 7) is 3.74. The highest BCUT2D eigenvalue weighted by Gasteiger charge is 2.12. The number of amides is 2. The minimum atomic E-state index is -0.281. The van der Waals surface area contributed by atoms with Gasteiger partial charge >= 0.3 is 0 Å². The summed E-state index contributed by atoms with van der Waals surface area (Å²) in [6.07, 6.45) is 0. The van der Waals surface area contributed by atoms with E-state index in [2.05, 4.69) is 15.6 Å². The summed E-state index contributed by atoms with van der Waals surface area (Å²) < 4.78 is 5.54. The first-order chi connectivity index (χ1) is 12.9. The molecule has 1 aromatic heterocycles. The first-order valence-corrected chi connectivity index (χ1v) is 9.60. The molecule has 0 radical (unpaired) electrons. The molecular weight excluding hydrogens is 386 g/mol. The van der Waals surface area contributed by atoms with Crippen LogP contribution in [0.3, 0.4) is 0 Å². The number of nitrogens with zero attached hydrogens (tertiary/aromatic N) is 1. The summed E-state index contributed by atoms with van der Waals surface area (Å²) in [4.78, 5) is 28.3. The van der Waals surface area contributed by atoms with Crippen LogP contribution in [0.5, 0.6) is 0 Å². The maximum absolute atomic E-state index is 12.1. The lowest BCUT2D eigenvalue weighted by atomic mass is 10.1. The van der Waals surface area contributed by atoms with Gasteiger partial charge in [0.15, 0.2) is 5.58 Å². The van der Waals surface area contributed by atoms with Gasteiger partial charge in [0.2, 0.25) is 11.8 Å². The zero-order chi connectivity index (χ0) is 19.4. The highest BCUT2D eigenvalue weighted by atomic mass is 35.5. The number of aryl methyl sites for hydroxylation is 2. The Morgan fingerprint density at radius 2 is 1.89 bits per heavy atom. The summed E-state index contributed by atoms with van der Waals surface area (Å²) in [6, 6.07) is 10.9. The fourth-order valence-corrected chi connectivity index (χ4v) is 3.32. The molecule has 0 saturated carbocycles. The molecular formula is C19H18ClN3O3S. The van der Waals surface area contributed by atoms with Gasteiger partial charge in [0.25, 0.3) is 5.22 Å². The Kier molecular flexibility index (Phi) is 6.03. The Balaban J connectivity index is 1.48. The highest BCUT2D eigenvalue weighted by Crippen LogP contribution is 2.25. The molecule has 3 rings (SSSR count). The van der Waals surface area contributed by atoms with Crippen molar-refractivity contribution in [3.8, 4) is 0 Å². The lowest BCUT2D eigenvalue weighted by Crippen LogP contribution is -2.34. The molecule has 140 valence electrons. The average Bonchev–Trinajstić information content (AvgIpc) is 3.03. The van der Waals surface area contributed by atoms with Gasteiger partial charge in [-0.15, -0.1) is 0 Å². The SMILES string of the molecule is Cc1cccc(C)c1NC(=O)CNC(=O)CSc1nc2ccc(Cl)cc2o1. The minimum Gasteiger partial charge on any atom is -0.431 e. The molecule has 0 aliphatic rings. The van der Waals surface area contributed by atoms with Gasteiger partial charge in [0.1, 0.15) is 5.52 Å². The van der Waals surface area contributed by atoms with Crippen LogP contribution >= 0.6 is 23.4 Å². The fraction of sp³-hybridized carbons (Fsp3) is 0.211. The third-order valence-electron chi connectivity index (χ3n) is 3.85. The topological polar surface area (TPSA) is 84.2 Å². The third-order valence-corrected chi connectivity index (χ3v) is 4.91. The Labute approximate surface area is 165 Å². The standard InChI is InChI=1S/C19H18ClN3O3S/c1-11-4-3-5-12(2)18(11)23-16(24)9-21-17(25)10-27-19-22-14-7-6-13(20)8-15(14)26-19/h3-8H,9-10H2,1-2H3,(H,21,25)(H,23,24). The number of benzene rings is 2. The van der Waals surface area contributed by atoms with Crippen molar-refractivity contribution in [2.24, 2.45) is 0 Å². The third kappa shape index (κ3) is 5.02. The number of anilines is 1. The Morgan fingerprint density at radius 1 is 1.15 bits per heavy atom. The van der Waals surface area contributed by atoms with Gasteiger partial charge < -0.3 is 15.1 Å². The van der Waals surface area contributed by atoms with E-state index in [-0.39, 0.29) is 24.1 Å². The van der Waals surface area contributed by atoms with Crippen molar-refractivity contribution < 1.29 is 14.0 Å². The number of carbonyl (C=O) groups excluding carboxylic acids is 2. The second-order valence-electron chi connectivity index (χ2n) is 5.97. The van der Waals surface area contributed by atoms with Crippen molar-refractivity contribution in [3.05, 3.63) is 52.5 Å². The predicted octanol–water partition coefficient (Wildman–Crippen LogP) is 3.95. The molecule has 2 amide bonds. The second kappa shape index (κ2) is 8.45. The molecule has 8 heteroatoms. The molecule has 0 bridgehead atoms. The number of aromatic nitrogens is 1. The van der Waals surface area contributed by atoms with Crippen LogP contribution in [-0.2, 0) is 9.59 Å². The number of para-hydroxylation sites is 1. The molecule has 0 aliphatic heterocycles. The zero-order valence-corrected chi connectivity index (χ0v) is 16.4. The van der Waals surface area contributed by atoms with Gasteiger partial charge in [-0.2, -0.15) is 0 Å². The summed E-state index contributed by atoms with van der Waals surface area (Å²) in [5.41, 5.74) is 3.97. The summed E-state index contributed by atoms with van der Waals surface area (Å²) in [5, 5.41) is 6.35. The number of thioether (sulfide) groups is 1. The van der Waals surface area contributed by atoms with Gasteiger partial charge in [-0.1, -0.05) is 41.6 Å². The van der Waals surface area contributed by atoms with Crippen molar-refractivity contribution in [2.75, 3.05) is 17.6 Å². The summed E-state index contributed by atoms with van der Waals surface area (Å²) in [7, 11) is 0. The quantitative estimate of drug-likeness (QED) is 0.609. The van der Waals surface area contributed by atoms with Crippen LogP contribution in [0.25, 0.3) is 11.1 Å². The van der Waals surface area contributed by atoms with Crippen molar-refractivity contribution in [2.45, 2.75) is 19.1 Å². The van der Waals surface area contributed by atoms with Crippen LogP contribution in [0, 0.1) is 13.8 Å². The Hall–Kier alpha value is -2.51. The molecule has 0 unspecified atom stereocenters. The van der Waals surface area contributed by atoms with Crippen LogP contribution in [0.4, 0.5) is 5.69 Å². The van der Waals surface area contributed by atoms with E-state index in [1.807, 2.05) is 32.0 Å². The number of oxazole rings is 1. The number of hydrogen-bond donors (Lipinski definition) is 2. The largest absolute Gasteiger partial charge is 0.431 e. The molecule has 0 atom stereocenters. The Morgan fingerprint density at radius 3 is 2.63 bits per heavy atom. The smallest absolute Gasteiger partial charge is 0.257 e. The second-order valence-corrected chi connectivity index (χ2v) is 7.34. The lowest BCUT2D eigenvalue weighted by molar-refractivity contribution is -0.122. The van der Waals surface area contributed by atoms with Gasteiger partial charge in [0.05, 0.1) is 12.3 Å². The predicted molar refractivity (Wildman–Crippen MR) is 107 cm³/mol. The maximum Gasteiger partial charge on any atom is 0.257 e. The van der Waals surface area contributed by atoms with Crippen molar-refractivity contribution in [1.82, 2.24) is 10.3 Å². The summed E-state index contributed by atoms with van der Waals surface area (Å²) in [5.74, 6) is -0.462. The summed E-state index contributed by atoms with van der Waals surface area (Å²) >= 11 is 7.06. The van der Waals surface area contributed by atoms with E-state index in [1.54, 1.807) is 18.2 Å². The van der Waals surface area contributed by atoms with Crippen LogP contribution in [0.2, 0.25) is 5.02 Å². The Bertz CT molecular complexity index is 983. The number of fused-ring (bicyclic) bond motifs is 1. The van der Waals surface area contributed by atoms with E-state index in [4.69, 9.17) is 16.0 Å². The lowest BCUT2D eigenvalue weighted by Gasteiger charge is -2.11. The van der Waals surface area contributed by atoms with Gasteiger partial charge in [0, 0.05) is 16.8 Å². The van der Waals surface area contributed by atoms with Gasteiger partial charge in [-0.25, -0.2) is 4.98 Å². The molecule has 1 heterocycles. The number of carbonyl (C=O) groups is 2. The van der Waals surface area contributed by atoms with Crippen LogP contribution in [-0.4, -0.2) is 29.1 Å². The van der Waals surface area contributed by atoms with E-state index in [0.29, 0.717) is 21.3 Å². The van der Waals surface area contributed by atoms with E-state index in [9.17, 15) is 9.59 Å². The van der Waals surface area contributed by atoms with Crippen molar-refractivity contribution >= 4 is 52.0 Å². The molecule has 0 aliphatic carbocycles. The first-order valence-electron chi connectivity index (χ1n) is 8.24. The monoisotopic (exact) mass is 403 g/mol. The molecule has 2 aromatic carbocycles. The number of halogens is 1. The molecule has 0 fully saturated rings. The van der Waals surface area contributed by atoms with Crippen molar-refractivity contribution in [1.29, 1.82) is 0 Å². The van der Waals surface area contributed by atoms with Gasteiger partial charge in [-0.3, -0.25) is 9.59 Å². The highest BCUT2D eigenvalue weighted by molar-refractivity contribution is 7.99. The number of hydrogen-bond acceptors (Lipinski definition) is 5. The van der Waals surface area contributed by atoms with E-state index in [0.717, 1.165) is 28.6 Å². The molecule has 2 N–H and O–H groups in total. The fourth-order valence-electron chi connectivity index (χ4n) is 2.49. The maximum atomic E-state index is 12.1. The molecule has 3 aromatic rings. The molecule has 0 saturated heterocycles. The molecule has 0 spiro atoms. The van der Waals surface area contributed by atoms with Crippen molar-refractivity contribution in [3.63, 3.8) is 0 Å². The number of nitrogens with one attached hydrogen (secondary N) is 2.